The Balaban J connectivity index is 0.000000298. The standard InChI is InChI=1S/C15H21FN2O.C2HF3O2/c1-17-7-8-19-15-11-18(6-5-12(15)10-17)14-4-2-3-13(16)9-14;3-2(4,5)1(6)7/h2-4,9,12,15H,5-8,10-11H2,1H3;(H,6,7)/t12-,15-;/m1./s1. The van der Waals surface area contributed by atoms with E-state index in [1.54, 1.807) is 12.1 Å². The van der Waals surface area contributed by atoms with Crippen LogP contribution in [0.15, 0.2) is 24.3 Å². The second-order valence-electron chi connectivity index (χ2n) is 6.45. The summed E-state index contributed by atoms with van der Waals surface area (Å²) in [5.41, 5.74) is 0.972. The van der Waals surface area contributed by atoms with Crippen LogP contribution < -0.4 is 4.90 Å². The van der Waals surface area contributed by atoms with Crippen LogP contribution in [0.2, 0.25) is 0 Å². The summed E-state index contributed by atoms with van der Waals surface area (Å²) in [5.74, 6) is -2.31. The third kappa shape index (κ3) is 5.84. The number of aliphatic carboxylic acids is 1. The van der Waals surface area contributed by atoms with Crippen LogP contribution in [0.1, 0.15) is 6.42 Å². The number of benzene rings is 1. The van der Waals surface area contributed by atoms with E-state index in [0.717, 1.165) is 44.9 Å². The average Bonchev–Trinajstić information content (AvgIpc) is 2.74. The maximum absolute atomic E-state index is 13.3. The lowest BCUT2D eigenvalue weighted by atomic mass is 9.93. The number of rotatable bonds is 1. The first kappa shape index (κ1) is 20.4. The van der Waals surface area contributed by atoms with E-state index < -0.39 is 12.1 Å². The molecule has 1 aromatic rings. The predicted molar refractivity (Wildman–Crippen MR) is 87.6 cm³/mol. The fourth-order valence-corrected chi connectivity index (χ4v) is 3.12. The summed E-state index contributed by atoms with van der Waals surface area (Å²) in [5, 5.41) is 7.12. The van der Waals surface area contributed by atoms with E-state index in [2.05, 4.69) is 16.8 Å². The Kier molecular flexibility index (Phi) is 6.82. The van der Waals surface area contributed by atoms with Crippen molar-refractivity contribution in [3.8, 4) is 0 Å². The highest BCUT2D eigenvalue weighted by Gasteiger charge is 2.38. The van der Waals surface area contributed by atoms with Gasteiger partial charge in [0.15, 0.2) is 0 Å². The lowest BCUT2D eigenvalue weighted by molar-refractivity contribution is -0.192. The molecule has 2 aliphatic rings. The molecule has 0 bridgehead atoms. The molecule has 0 unspecified atom stereocenters. The lowest BCUT2D eigenvalue weighted by Crippen LogP contribution is -2.46. The number of carboxylic acids is 1. The van der Waals surface area contributed by atoms with Crippen molar-refractivity contribution in [2.24, 2.45) is 5.92 Å². The van der Waals surface area contributed by atoms with Gasteiger partial charge in [0, 0.05) is 37.8 Å². The highest BCUT2D eigenvalue weighted by atomic mass is 19.4. The minimum absolute atomic E-state index is 0.166. The molecule has 5 nitrogen and oxygen atoms in total. The van der Waals surface area contributed by atoms with Gasteiger partial charge in [0.1, 0.15) is 5.82 Å². The minimum Gasteiger partial charge on any atom is -0.475 e. The van der Waals surface area contributed by atoms with E-state index in [-0.39, 0.29) is 11.9 Å². The van der Waals surface area contributed by atoms with Gasteiger partial charge in [-0.15, -0.1) is 0 Å². The first-order valence-electron chi connectivity index (χ1n) is 8.27. The van der Waals surface area contributed by atoms with Crippen molar-refractivity contribution in [3.05, 3.63) is 30.1 Å². The molecule has 2 saturated heterocycles. The van der Waals surface area contributed by atoms with Crippen molar-refractivity contribution in [2.45, 2.75) is 18.7 Å². The monoisotopic (exact) mass is 378 g/mol. The number of halogens is 4. The summed E-state index contributed by atoms with van der Waals surface area (Å²) in [7, 11) is 2.16. The summed E-state index contributed by atoms with van der Waals surface area (Å²) in [6.45, 7) is 4.78. The number of alkyl halides is 3. The molecule has 2 fully saturated rings. The number of likely N-dealkylation sites (N-methyl/N-ethyl adjacent to an activating group) is 1. The van der Waals surface area contributed by atoms with Gasteiger partial charge in [-0.1, -0.05) is 6.07 Å². The molecular formula is C17H22F4N2O3. The van der Waals surface area contributed by atoms with Crippen molar-refractivity contribution in [3.63, 3.8) is 0 Å². The maximum atomic E-state index is 13.3. The van der Waals surface area contributed by atoms with Gasteiger partial charge in [-0.05, 0) is 31.7 Å². The van der Waals surface area contributed by atoms with Crippen molar-refractivity contribution < 1.29 is 32.2 Å². The second-order valence-corrected chi connectivity index (χ2v) is 6.45. The number of ether oxygens (including phenoxy) is 1. The lowest BCUT2D eigenvalue weighted by Gasteiger charge is -2.39. The molecule has 0 saturated carbocycles. The SMILES string of the molecule is CN1CCO[C@@H]2CN(c3cccc(F)c3)CC[C@@H]2C1.O=C(O)C(F)(F)F. The number of carbonyl (C=O) groups is 1. The first-order valence-corrected chi connectivity index (χ1v) is 8.27. The molecule has 2 aliphatic heterocycles. The predicted octanol–water partition coefficient (Wildman–Crippen LogP) is 2.62. The molecule has 0 spiro atoms. The summed E-state index contributed by atoms with van der Waals surface area (Å²) < 4.78 is 51.0. The van der Waals surface area contributed by atoms with Crippen LogP contribution in [0.3, 0.4) is 0 Å². The Bertz CT molecular complexity index is 612. The molecule has 0 aromatic heterocycles. The molecule has 9 heteroatoms. The zero-order valence-corrected chi connectivity index (χ0v) is 14.4. The Morgan fingerprint density at radius 3 is 2.58 bits per heavy atom. The van der Waals surface area contributed by atoms with Gasteiger partial charge >= 0.3 is 12.1 Å². The quantitative estimate of drug-likeness (QED) is 0.762. The summed E-state index contributed by atoms with van der Waals surface area (Å²) >= 11 is 0. The fraction of sp³-hybridized carbons (Fsp3) is 0.588. The number of hydrogen-bond donors (Lipinski definition) is 1. The second kappa shape index (κ2) is 8.68. The molecule has 146 valence electrons. The van der Waals surface area contributed by atoms with Crippen LogP contribution in [-0.2, 0) is 9.53 Å². The highest BCUT2D eigenvalue weighted by Crippen LogP contribution is 2.27. The van der Waals surface area contributed by atoms with Crippen molar-refractivity contribution in [1.82, 2.24) is 4.90 Å². The van der Waals surface area contributed by atoms with Gasteiger partial charge in [-0.3, -0.25) is 0 Å². The highest BCUT2D eigenvalue weighted by molar-refractivity contribution is 5.73. The Morgan fingerprint density at radius 2 is 1.96 bits per heavy atom. The minimum atomic E-state index is -5.08. The molecule has 2 atom stereocenters. The smallest absolute Gasteiger partial charge is 0.475 e. The molecule has 0 aliphatic carbocycles. The summed E-state index contributed by atoms with van der Waals surface area (Å²) in [6, 6.07) is 6.86. The molecule has 0 radical (unpaired) electrons. The zero-order valence-electron chi connectivity index (χ0n) is 14.4. The van der Waals surface area contributed by atoms with Gasteiger partial charge < -0.3 is 19.6 Å². The van der Waals surface area contributed by atoms with Gasteiger partial charge in [0.05, 0.1) is 12.7 Å². The van der Waals surface area contributed by atoms with E-state index in [4.69, 9.17) is 14.6 Å². The van der Waals surface area contributed by atoms with E-state index in [9.17, 15) is 17.6 Å². The first-order chi connectivity index (χ1) is 12.2. The third-order valence-corrected chi connectivity index (χ3v) is 4.46. The van der Waals surface area contributed by atoms with Crippen LogP contribution in [-0.4, -0.2) is 68.1 Å². The van der Waals surface area contributed by atoms with Crippen LogP contribution in [0.5, 0.6) is 0 Å². The number of carboxylic acid groups (broad SMARTS) is 1. The molecule has 1 N–H and O–H groups in total. The molecule has 1 aromatic carbocycles. The van der Waals surface area contributed by atoms with Gasteiger partial charge in [-0.2, -0.15) is 13.2 Å². The normalized spacial score (nSPS) is 24.1. The molecule has 2 heterocycles. The zero-order chi connectivity index (χ0) is 19.3. The van der Waals surface area contributed by atoms with Gasteiger partial charge in [-0.25, -0.2) is 9.18 Å². The number of anilines is 1. The third-order valence-electron chi connectivity index (χ3n) is 4.46. The molecule has 26 heavy (non-hydrogen) atoms. The number of nitrogens with zero attached hydrogens (tertiary/aromatic N) is 2. The largest absolute Gasteiger partial charge is 0.490 e. The van der Waals surface area contributed by atoms with Gasteiger partial charge in [0.2, 0.25) is 0 Å². The molecule has 3 rings (SSSR count). The average molecular weight is 378 g/mol. The Morgan fingerprint density at radius 1 is 1.27 bits per heavy atom. The van der Waals surface area contributed by atoms with Crippen molar-refractivity contribution in [2.75, 3.05) is 44.7 Å². The van der Waals surface area contributed by atoms with E-state index in [0.29, 0.717) is 5.92 Å². The van der Waals surface area contributed by atoms with Crippen LogP contribution in [0.25, 0.3) is 0 Å². The number of piperidine rings is 1. The number of hydrogen-bond acceptors (Lipinski definition) is 4. The number of fused-ring (bicyclic) bond motifs is 1. The Hall–Kier alpha value is -1.87. The summed E-state index contributed by atoms with van der Waals surface area (Å²) in [4.78, 5) is 13.5. The topological polar surface area (TPSA) is 53.0 Å². The molecular weight excluding hydrogens is 356 g/mol. The van der Waals surface area contributed by atoms with Crippen LogP contribution >= 0.6 is 0 Å². The summed E-state index contributed by atoms with van der Waals surface area (Å²) in [6.07, 6.45) is -3.69. The molecule has 0 amide bonds. The van der Waals surface area contributed by atoms with Crippen LogP contribution in [0, 0.1) is 11.7 Å². The van der Waals surface area contributed by atoms with E-state index in [1.807, 2.05) is 6.07 Å². The van der Waals surface area contributed by atoms with E-state index in [1.165, 1.54) is 6.07 Å². The maximum Gasteiger partial charge on any atom is 0.490 e. The van der Waals surface area contributed by atoms with E-state index >= 15 is 0 Å². The Labute approximate surface area is 149 Å². The van der Waals surface area contributed by atoms with Crippen molar-refractivity contribution in [1.29, 1.82) is 0 Å². The van der Waals surface area contributed by atoms with Crippen LogP contribution in [0.4, 0.5) is 23.2 Å². The fourth-order valence-electron chi connectivity index (χ4n) is 3.12. The van der Waals surface area contributed by atoms with Crippen molar-refractivity contribution >= 4 is 11.7 Å². The van der Waals surface area contributed by atoms with Gasteiger partial charge in [0.25, 0.3) is 0 Å².